The Hall–Kier alpha value is -2.49. The summed E-state index contributed by atoms with van der Waals surface area (Å²) in [4.78, 5) is 17.4. The van der Waals surface area contributed by atoms with E-state index in [0.29, 0.717) is 31.9 Å². The standard InChI is InChI=1S/C24H38N4O5/c1-6-27(7-2)22-18-14-28(9-8-19(18)25-24(26-22)33-11-10-32-5)23(31)17-12-16(15(3)4)20(29)13-21(17)30/h12-13,15,19,24-26,29-30H,6-11,14H2,1-5H3. The van der Waals surface area contributed by atoms with Gasteiger partial charge in [0.15, 0.2) is 6.35 Å². The zero-order valence-corrected chi connectivity index (χ0v) is 20.4. The number of fused-ring (bicyclic) bond motifs is 1. The molecule has 3 rings (SSSR count). The van der Waals surface area contributed by atoms with E-state index in [4.69, 9.17) is 9.47 Å². The van der Waals surface area contributed by atoms with Crippen molar-refractivity contribution in [3.8, 4) is 11.5 Å². The highest BCUT2D eigenvalue weighted by Gasteiger charge is 2.36. The molecule has 0 bridgehead atoms. The Morgan fingerprint density at radius 1 is 1.21 bits per heavy atom. The maximum atomic E-state index is 13.4. The first-order valence-electron chi connectivity index (χ1n) is 11.8. The quantitative estimate of drug-likeness (QED) is 0.414. The van der Waals surface area contributed by atoms with Gasteiger partial charge in [-0.15, -0.1) is 0 Å². The first kappa shape index (κ1) is 25.1. The molecule has 0 radical (unpaired) electrons. The van der Waals surface area contributed by atoms with Gasteiger partial charge >= 0.3 is 0 Å². The number of phenolic OH excluding ortho intramolecular Hbond substituents is 2. The molecule has 184 valence electrons. The van der Waals surface area contributed by atoms with Crippen LogP contribution in [0.1, 0.15) is 56.0 Å². The molecule has 2 atom stereocenters. The molecule has 1 saturated heterocycles. The maximum Gasteiger partial charge on any atom is 0.257 e. The van der Waals surface area contributed by atoms with Gasteiger partial charge in [-0.05, 0) is 37.8 Å². The Kier molecular flexibility index (Phi) is 8.45. The fourth-order valence-corrected chi connectivity index (χ4v) is 4.46. The van der Waals surface area contributed by atoms with Crippen LogP contribution >= 0.6 is 0 Å². The number of nitrogens with zero attached hydrogens (tertiary/aromatic N) is 2. The van der Waals surface area contributed by atoms with E-state index in [1.165, 1.54) is 6.07 Å². The number of ether oxygens (including phenoxy) is 2. The molecule has 9 nitrogen and oxygen atoms in total. The average Bonchev–Trinajstić information content (AvgIpc) is 2.79. The fourth-order valence-electron chi connectivity index (χ4n) is 4.46. The molecule has 1 aromatic carbocycles. The van der Waals surface area contributed by atoms with Crippen LogP contribution in [0.4, 0.5) is 0 Å². The molecule has 4 N–H and O–H groups in total. The summed E-state index contributed by atoms with van der Waals surface area (Å²) < 4.78 is 11.0. The van der Waals surface area contributed by atoms with Crippen molar-refractivity contribution in [1.29, 1.82) is 0 Å². The SMILES string of the molecule is CCN(CC)C1=C2CN(C(=O)c3cc(C(C)C)c(O)cc3O)CCC2NC(OCCOC)N1. The summed E-state index contributed by atoms with van der Waals surface area (Å²) in [6.45, 7) is 11.7. The number of hydrogen-bond donors (Lipinski definition) is 4. The van der Waals surface area contributed by atoms with Crippen molar-refractivity contribution in [3.05, 3.63) is 34.7 Å². The number of benzene rings is 1. The zero-order valence-electron chi connectivity index (χ0n) is 20.4. The molecule has 2 unspecified atom stereocenters. The predicted molar refractivity (Wildman–Crippen MR) is 126 cm³/mol. The van der Waals surface area contributed by atoms with Gasteiger partial charge in [0.25, 0.3) is 5.91 Å². The van der Waals surface area contributed by atoms with Gasteiger partial charge in [-0.1, -0.05) is 13.8 Å². The van der Waals surface area contributed by atoms with Crippen LogP contribution in [0, 0.1) is 0 Å². The number of carbonyl (C=O) groups excluding carboxylic acids is 1. The lowest BCUT2D eigenvalue weighted by Crippen LogP contribution is -2.61. The van der Waals surface area contributed by atoms with Crippen LogP contribution in [0.3, 0.4) is 0 Å². The summed E-state index contributed by atoms with van der Waals surface area (Å²) in [6, 6.07) is 2.96. The van der Waals surface area contributed by atoms with Crippen LogP contribution in [0.15, 0.2) is 23.5 Å². The van der Waals surface area contributed by atoms with Crippen molar-refractivity contribution in [2.24, 2.45) is 0 Å². The Morgan fingerprint density at radius 2 is 1.94 bits per heavy atom. The highest BCUT2D eigenvalue weighted by atomic mass is 16.5. The van der Waals surface area contributed by atoms with Crippen LogP contribution in [0.25, 0.3) is 0 Å². The molecule has 0 saturated carbocycles. The van der Waals surface area contributed by atoms with E-state index in [0.717, 1.165) is 30.9 Å². The lowest BCUT2D eigenvalue weighted by Gasteiger charge is -2.44. The monoisotopic (exact) mass is 462 g/mol. The summed E-state index contributed by atoms with van der Waals surface area (Å²) in [5.74, 6) is 0.582. The molecule has 0 aliphatic carbocycles. The molecule has 1 aromatic rings. The van der Waals surface area contributed by atoms with E-state index in [1.807, 2.05) is 13.8 Å². The number of amides is 1. The Morgan fingerprint density at radius 3 is 2.58 bits per heavy atom. The van der Waals surface area contributed by atoms with Crippen molar-refractivity contribution in [3.63, 3.8) is 0 Å². The minimum atomic E-state index is -0.332. The van der Waals surface area contributed by atoms with E-state index in [2.05, 4.69) is 29.4 Å². The number of piperidine rings is 1. The normalized spacial score (nSPS) is 20.6. The summed E-state index contributed by atoms with van der Waals surface area (Å²) in [7, 11) is 1.65. The largest absolute Gasteiger partial charge is 0.508 e. The lowest BCUT2D eigenvalue weighted by molar-refractivity contribution is -0.0304. The Balaban J connectivity index is 1.87. The van der Waals surface area contributed by atoms with Crippen LogP contribution in [0.2, 0.25) is 0 Å². The molecular formula is C24H38N4O5. The maximum absolute atomic E-state index is 13.4. The van der Waals surface area contributed by atoms with Gasteiger partial charge in [0.1, 0.15) is 17.3 Å². The van der Waals surface area contributed by atoms with Crippen LogP contribution in [-0.4, -0.2) is 84.8 Å². The van der Waals surface area contributed by atoms with Gasteiger partial charge in [-0.3, -0.25) is 10.1 Å². The van der Waals surface area contributed by atoms with Gasteiger partial charge in [0.2, 0.25) is 0 Å². The number of rotatable bonds is 9. The van der Waals surface area contributed by atoms with Crippen molar-refractivity contribution in [2.45, 2.75) is 52.4 Å². The lowest BCUT2D eigenvalue weighted by atomic mass is 9.94. The molecule has 0 aromatic heterocycles. The highest BCUT2D eigenvalue weighted by molar-refractivity contribution is 5.97. The number of carbonyl (C=O) groups is 1. The minimum absolute atomic E-state index is 0.00415. The first-order valence-corrected chi connectivity index (χ1v) is 11.8. The number of likely N-dealkylation sites (tertiary alicyclic amines) is 1. The summed E-state index contributed by atoms with van der Waals surface area (Å²) in [6.07, 6.45) is 0.398. The smallest absolute Gasteiger partial charge is 0.257 e. The van der Waals surface area contributed by atoms with Gasteiger partial charge in [0.05, 0.1) is 18.8 Å². The number of methoxy groups -OCH3 is 1. The van der Waals surface area contributed by atoms with E-state index in [1.54, 1.807) is 18.1 Å². The Labute approximate surface area is 196 Å². The number of phenols is 2. The predicted octanol–water partition coefficient (Wildman–Crippen LogP) is 2.13. The van der Waals surface area contributed by atoms with E-state index in [-0.39, 0.29) is 41.3 Å². The van der Waals surface area contributed by atoms with Crippen molar-refractivity contribution >= 4 is 5.91 Å². The topological polar surface area (TPSA) is 107 Å². The second-order valence-electron chi connectivity index (χ2n) is 8.75. The van der Waals surface area contributed by atoms with Crippen LogP contribution in [0.5, 0.6) is 11.5 Å². The zero-order chi connectivity index (χ0) is 24.1. The van der Waals surface area contributed by atoms with Crippen molar-refractivity contribution in [1.82, 2.24) is 20.4 Å². The molecule has 0 spiro atoms. The van der Waals surface area contributed by atoms with E-state index in [9.17, 15) is 15.0 Å². The molecular weight excluding hydrogens is 424 g/mol. The van der Waals surface area contributed by atoms with Gasteiger partial charge < -0.3 is 34.8 Å². The van der Waals surface area contributed by atoms with Crippen molar-refractivity contribution in [2.75, 3.05) is 46.5 Å². The van der Waals surface area contributed by atoms with Crippen LogP contribution in [-0.2, 0) is 9.47 Å². The first-order chi connectivity index (χ1) is 15.8. The minimum Gasteiger partial charge on any atom is -0.508 e. The third-order valence-electron chi connectivity index (χ3n) is 6.33. The summed E-state index contributed by atoms with van der Waals surface area (Å²) in [5.41, 5.74) is 1.97. The number of hydrogen-bond acceptors (Lipinski definition) is 8. The van der Waals surface area contributed by atoms with Gasteiger partial charge in [-0.25, -0.2) is 0 Å². The summed E-state index contributed by atoms with van der Waals surface area (Å²) >= 11 is 0. The molecule has 2 aliphatic rings. The molecule has 2 heterocycles. The van der Waals surface area contributed by atoms with E-state index < -0.39 is 0 Å². The Bertz CT molecular complexity index is 869. The fraction of sp³-hybridized carbons (Fsp3) is 0.625. The molecule has 33 heavy (non-hydrogen) atoms. The highest BCUT2D eigenvalue weighted by Crippen LogP contribution is 2.34. The van der Waals surface area contributed by atoms with Crippen molar-refractivity contribution < 1.29 is 24.5 Å². The average molecular weight is 463 g/mol. The molecule has 1 fully saturated rings. The molecule has 9 heteroatoms. The number of nitrogens with one attached hydrogen (secondary N) is 2. The third-order valence-corrected chi connectivity index (χ3v) is 6.33. The molecule has 2 aliphatic heterocycles. The summed E-state index contributed by atoms with van der Waals surface area (Å²) in [5, 5.41) is 27.5. The second kappa shape index (κ2) is 11.1. The number of aromatic hydroxyl groups is 2. The second-order valence-corrected chi connectivity index (χ2v) is 8.75. The van der Waals surface area contributed by atoms with Gasteiger partial charge in [-0.2, -0.15) is 0 Å². The van der Waals surface area contributed by atoms with E-state index >= 15 is 0 Å². The van der Waals surface area contributed by atoms with Gasteiger partial charge in [0, 0.05) is 51.0 Å². The molecule has 1 amide bonds. The van der Waals surface area contributed by atoms with Crippen LogP contribution < -0.4 is 10.6 Å². The third kappa shape index (κ3) is 5.54.